The Labute approximate surface area is 128 Å². The molecule has 1 aromatic heterocycles. The summed E-state index contributed by atoms with van der Waals surface area (Å²) in [6.45, 7) is 3.33. The second kappa shape index (κ2) is 6.26. The minimum Gasteiger partial charge on any atom is -0.493 e. The molecule has 0 saturated heterocycles. The van der Waals surface area contributed by atoms with Crippen LogP contribution in [0.1, 0.15) is 40.0 Å². The number of aryl methyl sites for hydroxylation is 2. The molecule has 0 radical (unpaired) electrons. The highest BCUT2D eigenvalue weighted by Gasteiger charge is 2.14. The van der Waals surface area contributed by atoms with Crippen molar-refractivity contribution in [3.8, 4) is 5.75 Å². The Morgan fingerprint density at radius 3 is 3.19 bits per heavy atom. The fourth-order valence-corrected chi connectivity index (χ4v) is 3.17. The molecule has 0 fully saturated rings. The van der Waals surface area contributed by atoms with Crippen LogP contribution >= 0.6 is 11.3 Å². The van der Waals surface area contributed by atoms with Crippen LogP contribution in [0, 0.1) is 0 Å². The number of rotatable bonds is 4. The quantitative estimate of drug-likeness (QED) is 0.944. The summed E-state index contributed by atoms with van der Waals surface area (Å²) in [5, 5.41) is 5.91. The summed E-state index contributed by atoms with van der Waals surface area (Å²) >= 11 is 1.59. The van der Waals surface area contributed by atoms with Gasteiger partial charge in [0.15, 0.2) is 0 Å². The van der Waals surface area contributed by atoms with E-state index in [9.17, 15) is 4.79 Å². The van der Waals surface area contributed by atoms with Crippen LogP contribution in [0.3, 0.4) is 0 Å². The van der Waals surface area contributed by atoms with Crippen molar-refractivity contribution in [3.63, 3.8) is 0 Å². The number of ether oxygens (including phenoxy) is 1. The monoisotopic (exact) mass is 302 g/mol. The molecule has 0 aliphatic carbocycles. The number of nitrogens with zero attached hydrogens (tertiary/aromatic N) is 1. The Hall–Kier alpha value is -1.88. The SMILES string of the molecule is CCc1csc(CNC(=O)c2ccc3c(c2)CCCO3)n1. The number of hydrogen-bond donors (Lipinski definition) is 1. The molecular formula is C16H18N2O2S. The molecule has 2 heterocycles. The molecule has 5 heteroatoms. The van der Waals surface area contributed by atoms with Crippen molar-refractivity contribution in [1.29, 1.82) is 0 Å². The molecule has 21 heavy (non-hydrogen) atoms. The average molecular weight is 302 g/mol. The molecule has 2 aromatic rings. The number of fused-ring (bicyclic) bond motifs is 1. The van der Waals surface area contributed by atoms with Crippen molar-refractivity contribution < 1.29 is 9.53 Å². The average Bonchev–Trinajstić information content (AvgIpc) is 3.00. The number of thiazole rings is 1. The minimum atomic E-state index is -0.0587. The predicted octanol–water partition coefficient (Wildman–Crippen LogP) is 2.96. The van der Waals surface area contributed by atoms with E-state index in [1.165, 1.54) is 0 Å². The molecule has 0 bridgehead atoms. The molecular weight excluding hydrogens is 284 g/mol. The highest BCUT2D eigenvalue weighted by Crippen LogP contribution is 2.25. The lowest BCUT2D eigenvalue weighted by atomic mass is 10.0. The lowest BCUT2D eigenvalue weighted by Crippen LogP contribution is -2.23. The van der Waals surface area contributed by atoms with Gasteiger partial charge in [-0.2, -0.15) is 0 Å². The fourth-order valence-electron chi connectivity index (χ4n) is 2.35. The molecule has 0 unspecified atom stereocenters. The van der Waals surface area contributed by atoms with Crippen LogP contribution in [0.5, 0.6) is 5.75 Å². The van der Waals surface area contributed by atoms with E-state index in [2.05, 4.69) is 17.2 Å². The molecule has 0 atom stereocenters. The largest absolute Gasteiger partial charge is 0.493 e. The molecule has 4 nitrogen and oxygen atoms in total. The third-order valence-electron chi connectivity index (χ3n) is 3.53. The van der Waals surface area contributed by atoms with Crippen LogP contribution in [0.25, 0.3) is 0 Å². The molecule has 110 valence electrons. The van der Waals surface area contributed by atoms with E-state index in [1.807, 2.05) is 23.6 Å². The zero-order valence-corrected chi connectivity index (χ0v) is 12.8. The van der Waals surface area contributed by atoms with E-state index in [4.69, 9.17) is 4.74 Å². The zero-order valence-electron chi connectivity index (χ0n) is 12.0. The first kappa shape index (κ1) is 14.1. The van der Waals surface area contributed by atoms with Gasteiger partial charge in [-0.05, 0) is 43.0 Å². The molecule has 0 spiro atoms. The fraction of sp³-hybridized carbons (Fsp3) is 0.375. The standard InChI is InChI=1S/C16H18N2O2S/c1-2-13-10-21-15(18-13)9-17-16(19)12-5-6-14-11(8-12)4-3-7-20-14/h5-6,8,10H,2-4,7,9H2,1H3,(H,17,19). The van der Waals surface area contributed by atoms with Crippen molar-refractivity contribution in [3.05, 3.63) is 45.4 Å². The lowest BCUT2D eigenvalue weighted by Gasteiger charge is -2.17. The van der Waals surface area contributed by atoms with E-state index in [0.29, 0.717) is 12.1 Å². The Morgan fingerprint density at radius 2 is 2.38 bits per heavy atom. The summed E-state index contributed by atoms with van der Waals surface area (Å²) in [5.74, 6) is 0.849. The molecule has 1 aliphatic rings. The summed E-state index contributed by atoms with van der Waals surface area (Å²) in [5.41, 5.74) is 2.89. The highest BCUT2D eigenvalue weighted by molar-refractivity contribution is 7.09. The van der Waals surface area contributed by atoms with Crippen LogP contribution in [-0.2, 0) is 19.4 Å². The number of carbonyl (C=O) groups is 1. The Bertz CT molecular complexity index is 651. The minimum absolute atomic E-state index is 0.0587. The van der Waals surface area contributed by atoms with E-state index in [0.717, 1.165) is 47.9 Å². The third-order valence-corrected chi connectivity index (χ3v) is 4.43. The van der Waals surface area contributed by atoms with Crippen LogP contribution in [0.2, 0.25) is 0 Å². The first-order valence-electron chi connectivity index (χ1n) is 7.23. The molecule has 0 saturated carbocycles. The smallest absolute Gasteiger partial charge is 0.251 e. The first-order chi connectivity index (χ1) is 10.3. The van der Waals surface area contributed by atoms with Gasteiger partial charge in [0.25, 0.3) is 5.91 Å². The number of carbonyl (C=O) groups excluding carboxylic acids is 1. The van der Waals surface area contributed by atoms with E-state index in [1.54, 1.807) is 11.3 Å². The van der Waals surface area contributed by atoms with Crippen LogP contribution in [0.4, 0.5) is 0 Å². The van der Waals surface area contributed by atoms with E-state index < -0.39 is 0 Å². The maximum absolute atomic E-state index is 12.2. The summed E-state index contributed by atoms with van der Waals surface area (Å²) in [4.78, 5) is 16.7. The van der Waals surface area contributed by atoms with Gasteiger partial charge in [0.2, 0.25) is 0 Å². The van der Waals surface area contributed by atoms with Crippen molar-refractivity contribution >= 4 is 17.2 Å². The summed E-state index contributed by atoms with van der Waals surface area (Å²) in [6.07, 6.45) is 2.91. The van der Waals surface area contributed by atoms with Crippen molar-refractivity contribution in [2.24, 2.45) is 0 Å². The van der Waals surface area contributed by atoms with Gasteiger partial charge in [0.1, 0.15) is 10.8 Å². The van der Waals surface area contributed by atoms with Gasteiger partial charge in [-0.25, -0.2) is 4.98 Å². The topological polar surface area (TPSA) is 51.2 Å². The Balaban J connectivity index is 1.65. The Morgan fingerprint density at radius 1 is 1.48 bits per heavy atom. The van der Waals surface area contributed by atoms with Gasteiger partial charge in [0.05, 0.1) is 18.8 Å². The van der Waals surface area contributed by atoms with Gasteiger partial charge in [-0.15, -0.1) is 11.3 Å². The van der Waals surface area contributed by atoms with Crippen LogP contribution < -0.4 is 10.1 Å². The molecule has 1 N–H and O–H groups in total. The van der Waals surface area contributed by atoms with Gasteiger partial charge >= 0.3 is 0 Å². The summed E-state index contributed by atoms with van der Waals surface area (Å²) in [6, 6.07) is 5.64. The molecule has 1 aliphatic heterocycles. The van der Waals surface area contributed by atoms with Gasteiger partial charge in [-0.1, -0.05) is 6.92 Å². The zero-order chi connectivity index (χ0) is 14.7. The predicted molar refractivity (Wildman–Crippen MR) is 82.9 cm³/mol. The molecule has 1 aromatic carbocycles. The third kappa shape index (κ3) is 3.24. The highest BCUT2D eigenvalue weighted by atomic mass is 32.1. The maximum Gasteiger partial charge on any atom is 0.251 e. The van der Waals surface area contributed by atoms with Crippen LogP contribution in [-0.4, -0.2) is 17.5 Å². The normalized spacial score (nSPS) is 13.4. The lowest BCUT2D eigenvalue weighted by molar-refractivity contribution is 0.0950. The second-order valence-corrected chi connectivity index (χ2v) is 5.99. The number of hydrogen-bond acceptors (Lipinski definition) is 4. The number of amides is 1. The van der Waals surface area contributed by atoms with Crippen molar-refractivity contribution in [1.82, 2.24) is 10.3 Å². The Kier molecular flexibility index (Phi) is 4.20. The van der Waals surface area contributed by atoms with E-state index in [-0.39, 0.29) is 5.91 Å². The van der Waals surface area contributed by atoms with Crippen molar-refractivity contribution in [2.75, 3.05) is 6.61 Å². The summed E-state index contributed by atoms with van der Waals surface area (Å²) in [7, 11) is 0. The van der Waals surface area contributed by atoms with Gasteiger partial charge in [-0.3, -0.25) is 4.79 Å². The first-order valence-corrected chi connectivity index (χ1v) is 8.11. The van der Waals surface area contributed by atoms with E-state index >= 15 is 0 Å². The number of benzene rings is 1. The molecule has 3 rings (SSSR count). The van der Waals surface area contributed by atoms with Crippen molar-refractivity contribution in [2.45, 2.75) is 32.7 Å². The maximum atomic E-state index is 12.2. The number of nitrogens with one attached hydrogen (secondary N) is 1. The second-order valence-electron chi connectivity index (χ2n) is 5.04. The van der Waals surface area contributed by atoms with Gasteiger partial charge in [0, 0.05) is 10.9 Å². The number of aromatic nitrogens is 1. The molecule has 1 amide bonds. The van der Waals surface area contributed by atoms with Crippen LogP contribution in [0.15, 0.2) is 23.6 Å². The summed E-state index contributed by atoms with van der Waals surface area (Å²) < 4.78 is 5.56. The van der Waals surface area contributed by atoms with Gasteiger partial charge < -0.3 is 10.1 Å².